The van der Waals surface area contributed by atoms with Crippen LogP contribution in [-0.4, -0.2) is 29.3 Å². The number of nitrogens with zero attached hydrogens (tertiary/aromatic N) is 1. The van der Waals surface area contributed by atoms with Gasteiger partial charge in [-0.15, -0.1) is 0 Å². The molecule has 1 aliphatic heterocycles. The Morgan fingerprint density at radius 2 is 2.05 bits per heavy atom. The molecule has 1 heterocycles. The number of carbonyl (C=O) groups is 2. The second kappa shape index (κ2) is 6.24. The van der Waals surface area contributed by atoms with Gasteiger partial charge in [-0.2, -0.15) is 0 Å². The van der Waals surface area contributed by atoms with Crippen LogP contribution in [-0.2, 0) is 9.59 Å². The molecule has 1 aliphatic carbocycles. The molecule has 0 radical (unpaired) electrons. The molecule has 22 heavy (non-hydrogen) atoms. The molecule has 1 saturated carbocycles. The summed E-state index contributed by atoms with van der Waals surface area (Å²) in [6, 6.07) is 4.28. The maximum atomic E-state index is 13.7. The number of nitrogens with one attached hydrogen (secondary N) is 1. The van der Waals surface area contributed by atoms with Gasteiger partial charge in [0.25, 0.3) is 0 Å². The number of carbonyl (C=O) groups excluding carboxylic acids is 2. The SMILES string of the molecule is O=C(Nc1cc(Cl)ccc1F)C1CC(=O)N(C2CCCC2)C1. The van der Waals surface area contributed by atoms with Crippen molar-refractivity contribution in [1.82, 2.24) is 4.90 Å². The quantitative estimate of drug-likeness (QED) is 0.928. The monoisotopic (exact) mass is 324 g/mol. The minimum Gasteiger partial charge on any atom is -0.339 e. The highest BCUT2D eigenvalue weighted by Crippen LogP contribution is 2.30. The molecule has 1 aromatic carbocycles. The van der Waals surface area contributed by atoms with Crippen molar-refractivity contribution in [3.8, 4) is 0 Å². The second-order valence-corrected chi connectivity index (χ2v) is 6.44. The van der Waals surface area contributed by atoms with Gasteiger partial charge in [-0.1, -0.05) is 24.4 Å². The highest BCUT2D eigenvalue weighted by Gasteiger charge is 2.38. The minimum atomic E-state index is -0.533. The molecule has 2 aliphatic rings. The number of benzene rings is 1. The first kappa shape index (κ1) is 15.3. The van der Waals surface area contributed by atoms with Gasteiger partial charge in [0.1, 0.15) is 5.82 Å². The van der Waals surface area contributed by atoms with Gasteiger partial charge in [-0.25, -0.2) is 4.39 Å². The Kier molecular flexibility index (Phi) is 4.34. The highest BCUT2D eigenvalue weighted by molar-refractivity contribution is 6.30. The first-order valence-electron chi connectivity index (χ1n) is 7.60. The normalized spacial score (nSPS) is 22.4. The van der Waals surface area contributed by atoms with Gasteiger partial charge in [0, 0.05) is 24.0 Å². The summed E-state index contributed by atoms with van der Waals surface area (Å²) < 4.78 is 13.7. The molecule has 2 fully saturated rings. The van der Waals surface area contributed by atoms with E-state index in [0.29, 0.717) is 11.6 Å². The summed E-state index contributed by atoms with van der Waals surface area (Å²) in [6.45, 7) is 0.428. The molecule has 0 aromatic heterocycles. The molecule has 6 heteroatoms. The van der Waals surface area contributed by atoms with Crippen LogP contribution in [0.2, 0.25) is 5.02 Å². The maximum Gasteiger partial charge on any atom is 0.229 e. The third kappa shape index (κ3) is 3.09. The number of halogens is 2. The third-order valence-corrected chi connectivity index (χ3v) is 4.72. The van der Waals surface area contributed by atoms with E-state index in [-0.39, 0.29) is 30.0 Å². The van der Waals surface area contributed by atoms with E-state index < -0.39 is 11.7 Å². The van der Waals surface area contributed by atoms with Crippen LogP contribution in [0, 0.1) is 11.7 Å². The average Bonchev–Trinajstić information content (AvgIpc) is 3.11. The molecular formula is C16H18ClFN2O2. The van der Waals surface area contributed by atoms with Crippen molar-refractivity contribution in [3.05, 3.63) is 29.0 Å². The Hall–Kier alpha value is -1.62. The van der Waals surface area contributed by atoms with E-state index in [1.807, 2.05) is 4.90 Å². The summed E-state index contributed by atoms with van der Waals surface area (Å²) in [4.78, 5) is 26.2. The fourth-order valence-corrected chi connectivity index (χ4v) is 3.48. The Balaban J connectivity index is 1.65. The van der Waals surface area contributed by atoms with Crippen molar-refractivity contribution in [2.75, 3.05) is 11.9 Å². The number of hydrogen-bond acceptors (Lipinski definition) is 2. The first-order valence-corrected chi connectivity index (χ1v) is 7.98. The van der Waals surface area contributed by atoms with Crippen LogP contribution in [0.3, 0.4) is 0 Å². The van der Waals surface area contributed by atoms with E-state index >= 15 is 0 Å². The molecule has 1 saturated heterocycles. The lowest BCUT2D eigenvalue weighted by molar-refractivity contribution is -0.129. The average molecular weight is 325 g/mol. The van der Waals surface area contributed by atoms with E-state index in [1.165, 1.54) is 18.2 Å². The lowest BCUT2D eigenvalue weighted by Gasteiger charge is -2.23. The lowest BCUT2D eigenvalue weighted by atomic mass is 10.1. The number of amides is 2. The number of rotatable bonds is 3. The molecular weight excluding hydrogens is 307 g/mol. The van der Waals surface area contributed by atoms with Crippen LogP contribution in [0.5, 0.6) is 0 Å². The van der Waals surface area contributed by atoms with Crippen molar-refractivity contribution in [1.29, 1.82) is 0 Å². The van der Waals surface area contributed by atoms with E-state index in [0.717, 1.165) is 25.7 Å². The smallest absolute Gasteiger partial charge is 0.229 e. The van der Waals surface area contributed by atoms with Gasteiger partial charge < -0.3 is 10.2 Å². The zero-order valence-electron chi connectivity index (χ0n) is 12.1. The van der Waals surface area contributed by atoms with Crippen LogP contribution >= 0.6 is 11.6 Å². The summed E-state index contributed by atoms with van der Waals surface area (Å²) in [7, 11) is 0. The fourth-order valence-electron chi connectivity index (χ4n) is 3.30. The van der Waals surface area contributed by atoms with Gasteiger partial charge in [0.05, 0.1) is 11.6 Å². The Labute approximate surface area is 133 Å². The van der Waals surface area contributed by atoms with Crippen molar-refractivity contribution in [2.45, 2.75) is 38.1 Å². The molecule has 1 N–H and O–H groups in total. The molecule has 3 rings (SSSR count). The Bertz CT molecular complexity index is 602. The molecule has 2 amide bonds. The van der Waals surface area contributed by atoms with Crippen molar-refractivity contribution in [3.63, 3.8) is 0 Å². The van der Waals surface area contributed by atoms with Gasteiger partial charge >= 0.3 is 0 Å². The van der Waals surface area contributed by atoms with Gasteiger partial charge in [-0.05, 0) is 31.0 Å². The Morgan fingerprint density at radius 1 is 1.32 bits per heavy atom. The zero-order chi connectivity index (χ0) is 15.7. The zero-order valence-corrected chi connectivity index (χ0v) is 12.9. The van der Waals surface area contributed by atoms with Crippen LogP contribution in [0.4, 0.5) is 10.1 Å². The Morgan fingerprint density at radius 3 is 2.77 bits per heavy atom. The van der Waals surface area contributed by atoms with Crippen molar-refractivity contribution >= 4 is 29.1 Å². The number of anilines is 1. The van der Waals surface area contributed by atoms with E-state index in [4.69, 9.17) is 11.6 Å². The van der Waals surface area contributed by atoms with Gasteiger partial charge in [0.2, 0.25) is 11.8 Å². The summed E-state index contributed by atoms with van der Waals surface area (Å²) in [5.74, 6) is -1.25. The van der Waals surface area contributed by atoms with E-state index in [1.54, 1.807) is 0 Å². The summed E-state index contributed by atoms with van der Waals surface area (Å²) in [5.41, 5.74) is 0.0595. The molecule has 1 aromatic rings. The topological polar surface area (TPSA) is 49.4 Å². The largest absolute Gasteiger partial charge is 0.339 e. The number of likely N-dealkylation sites (tertiary alicyclic amines) is 1. The lowest BCUT2D eigenvalue weighted by Crippen LogP contribution is -2.35. The molecule has 0 spiro atoms. The van der Waals surface area contributed by atoms with Crippen molar-refractivity contribution in [2.24, 2.45) is 5.92 Å². The van der Waals surface area contributed by atoms with Crippen LogP contribution in [0.15, 0.2) is 18.2 Å². The van der Waals surface area contributed by atoms with Crippen LogP contribution in [0.1, 0.15) is 32.1 Å². The highest BCUT2D eigenvalue weighted by atomic mass is 35.5. The predicted octanol–water partition coefficient (Wildman–Crippen LogP) is 3.21. The second-order valence-electron chi connectivity index (χ2n) is 6.00. The van der Waals surface area contributed by atoms with E-state index in [2.05, 4.69) is 5.32 Å². The van der Waals surface area contributed by atoms with E-state index in [9.17, 15) is 14.0 Å². The van der Waals surface area contributed by atoms with Crippen LogP contribution < -0.4 is 5.32 Å². The maximum absolute atomic E-state index is 13.7. The van der Waals surface area contributed by atoms with Gasteiger partial charge in [0.15, 0.2) is 0 Å². The first-order chi connectivity index (χ1) is 10.5. The molecule has 1 atom stereocenters. The molecule has 0 bridgehead atoms. The molecule has 1 unspecified atom stereocenters. The van der Waals surface area contributed by atoms with Gasteiger partial charge in [-0.3, -0.25) is 9.59 Å². The third-order valence-electron chi connectivity index (χ3n) is 4.48. The number of hydrogen-bond donors (Lipinski definition) is 1. The predicted molar refractivity (Wildman–Crippen MR) is 82.1 cm³/mol. The van der Waals surface area contributed by atoms with Crippen LogP contribution in [0.25, 0.3) is 0 Å². The van der Waals surface area contributed by atoms with Crippen molar-refractivity contribution < 1.29 is 14.0 Å². The minimum absolute atomic E-state index is 0.0265. The molecule has 118 valence electrons. The summed E-state index contributed by atoms with van der Waals surface area (Å²) in [5, 5.41) is 2.90. The summed E-state index contributed by atoms with van der Waals surface area (Å²) in [6.07, 6.45) is 4.51. The fraction of sp³-hybridized carbons (Fsp3) is 0.500. The summed E-state index contributed by atoms with van der Waals surface area (Å²) >= 11 is 5.81. The molecule has 4 nitrogen and oxygen atoms in total. The standard InChI is InChI=1S/C16H18ClFN2O2/c17-11-5-6-13(18)14(8-11)19-16(22)10-7-15(21)20(9-10)12-3-1-2-4-12/h5-6,8,10,12H,1-4,7,9H2,(H,19,22).